The van der Waals surface area contributed by atoms with Crippen molar-refractivity contribution in [1.82, 2.24) is 10.3 Å². The van der Waals surface area contributed by atoms with E-state index in [9.17, 15) is 13.6 Å². The van der Waals surface area contributed by atoms with Gasteiger partial charge in [0.15, 0.2) is 11.6 Å². The highest BCUT2D eigenvalue weighted by Gasteiger charge is 2.14. The van der Waals surface area contributed by atoms with E-state index in [0.29, 0.717) is 5.01 Å². The molecule has 0 saturated carbocycles. The molecule has 0 saturated heterocycles. The molecule has 1 amide bonds. The number of nitrogens with zero attached hydrogens (tertiary/aromatic N) is 1. The van der Waals surface area contributed by atoms with Crippen LogP contribution < -0.4 is 16.6 Å². The predicted molar refractivity (Wildman–Crippen MR) is 67.5 cm³/mol. The lowest BCUT2D eigenvalue weighted by atomic mass is 10.1. The summed E-state index contributed by atoms with van der Waals surface area (Å²) < 4.78 is 26.8. The number of benzene rings is 1. The molecule has 1 aromatic heterocycles. The molecule has 100 valence electrons. The SMILES string of the molecule is NNc1c(F)cc(C(=O)NCc2nccs2)cc1F. The Bertz CT molecular complexity index is 565. The predicted octanol–water partition coefficient (Wildman–Crippen LogP) is 1.64. The summed E-state index contributed by atoms with van der Waals surface area (Å²) in [5, 5.41) is 4.99. The summed E-state index contributed by atoms with van der Waals surface area (Å²) >= 11 is 1.37. The van der Waals surface area contributed by atoms with Gasteiger partial charge in [-0.15, -0.1) is 11.3 Å². The molecule has 19 heavy (non-hydrogen) atoms. The van der Waals surface area contributed by atoms with Crippen molar-refractivity contribution in [3.63, 3.8) is 0 Å². The number of thiazole rings is 1. The first-order chi connectivity index (χ1) is 9.11. The van der Waals surface area contributed by atoms with E-state index in [4.69, 9.17) is 5.84 Å². The number of halogens is 2. The second kappa shape index (κ2) is 5.72. The van der Waals surface area contributed by atoms with Gasteiger partial charge in [-0.1, -0.05) is 0 Å². The van der Waals surface area contributed by atoms with E-state index in [0.717, 1.165) is 12.1 Å². The number of nitrogens with one attached hydrogen (secondary N) is 2. The molecule has 1 aromatic carbocycles. The van der Waals surface area contributed by atoms with E-state index in [1.165, 1.54) is 11.3 Å². The maximum Gasteiger partial charge on any atom is 0.251 e. The quantitative estimate of drug-likeness (QED) is 0.589. The zero-order valence-corrected chi connectivity index (χ0v) is 10.4. The fourth-order valence-corrected chi connectivity index (χ4v) is 2.00. The number of nitrogen functional groups attached to an aromatic ring is 1. The Hall–Kier alpha value is -2.06. The monoisotopic (exact) mass is 284 g/mol. The van der Waals surface area contributed by atoms with Crippen molar-refractivity contribution >= 4 is 22.9 Å². The Labute approximate surface area is 111 Å². The van der Waals surface area contributed by atoms with Crippen LogP contribution >= 0.6 is 11.3 Å². The number of anilines is 1. The van der Waals surface area contributed by atoms with E-state index in [2.05, 4.69) is 10.3 Å². The molecule has 0 aliphatic rings. The smallest absolute Gasteiger partial charge is 0.251 e. The van der Waals surface area contributed by atoms with Crippen LogP contribution in [0.25, 0.3) is 0 Å². The maximum absolute atomic E-state index is 13.4. The summed E-state index contributed by atoms with van der Waals surface area (Å²) in [6.07, 6.45) is 1.60. The first-order valence-electron chi connectivity index (χ1n) is 5.24. The third-order valence-electron chi connectivity index (χ3n) is 2.33. The summed E-state index contributed by atoms with van der Waals surface area (Å²) in [6, 6.07) is 1.82. The number of aromatic nitrogens is 1. The Kier molecular flexibility index (Phi) is 4.03. The summed E-state index contributed by atoms with van der Waals surface area (Å²) in [5.74, 6) is 2.52. The molecule has 4 N–H and O–H groups in total. The lowest BCUT2D eigenvalue weighted by Gasteiger charge is -2.07. The third-order valence-corrected chi connectivity index (χ3v) is 3.11. The second-order valence-electron chi connectivity index (χ2n) is 3.57. The lowest BCUT2D eigenvalue weighted by Crippen LogP contribution is -2.23. The van der Waals surface area contributed by atoms with E-state index < -0.39 is 23.2 Å². The maximum atomic E-state index is 13.4. The minimum atomic E-state index is -0.929. The summed E-state index contributed by atoms with van der Waals surface area (Å²) in [7, 11) is 0. The van der Waals surface area contributed by atoms with Crippen molar-refractivity contribution in [2.24, 2.45) is 5.84 Å². The lowest BCUT2D eigenvalue weighted by molar-refractivity contribution is 0.0950. The van der Waals surface area contributed by atoms with Gasteiger partial charge in [-0.3, -0.25) is 10.6 Å². The van der Waals surface area contributed by atoms with Crippen LogP contribution in [0.1, 0.15) is 15.4 Å². The third kappa shape index (κ3) is 3.04. The summed E-state index contributed by atoms with van der Waals surface area (Å²) in [4.78, 5) is 15.7. The van der Waals surface area contributed by atoms with Crippen molar-refractivity contribution in [3.05, 3.63) is 45.9 Å². The Morgan fingerprint density at radius 1 is 1.37 bits per heavy atom. The summed E-state index contributed by atoms with van der Waals surface area (Å²) in [6.45, 7) is 0.205. The molecule has 2 aromatic rings. The zero-order valence-electron chi connectivity index (χ0n) is 9.61. The minimum Gasteiger partial charge on any atom is -0.346 e. The molecular weight excluding hydrogens is 274 g/mol. The van der Waals surface area contributed by atoms with Crippen molar-refractivity contribution in [3.8, 4) is 0 Å². The van der Waals surface area contributed by atoms with Crippen LogP contribution in [0.2, 0.25) is 0 Å². The van der Waals surface area contributed by atoms with Gasteiger partial charge in [0.25, 0.3) is 5.91 Å². The average molecular weight is 284 g/mol. The fourth-order valence-electron chi connectivity index (χ4n) is 1.44. The molecule has 0 aliphatic carbocycles. The van der Waals surface area contributed by atoms with E-state index in [-0.39, 0.29) is 12.1 Å². The van der Waals surface area contributed by atoms with Gasteiger partial charge >= 0.3 is 0 Å². The number of hydrogen-bond donors (Lipinski definition) is 3. The van der Waals surface area contributed by atoms with Crippen LogP contribution in [0.5, 0.6) is 0 Å². The molecule has 0 unspecified atom stereocenters. The molecule has 1 heterocycles. The number of carbonyl (C=O) groups is 1. The molecule has 0 fully saturated rings. The van der Waals surface area contributed by atoms with E-state index in [1.807, 2.05) is 5.43 Å². The first-order valence-corrected chi connectivity index (χ1v) is 6.12. The minimum absolute atomic E-state index is 0.120. The molecule has 0 spiro atoms. The molecule has 5 nitrogen and oxygen atoms in total. The molecule has 0 aliphatic heterocycles. The highest BCUT2D eigenvalue weighted by atomic mass is 32.1. The molecule has 2 rings (SSSR count). The molecule has 0 bridgehead atoms. The van der Waals surface area contributed by atoms with Gasteiger partial charge in [0, 0.05) is 17.1 Å². The van der Waals surface area contributed by atoms with Crippen LogP contribution in [0.3, 0.4) is 0 Å². The standard InChI is InChI=1S/C11H10F2N4OS/c12-7-3-6(4-8(13)10(7)17-14)11(18)16-5-9-15-1-2-19-9/h1-4,17H,5,14H2,(H,16,18). The van der Waals surface area contributed by atoms with Crippen LogP contribution in [0, 0.1) is 11.6 Å². The number of hydrazine groups is 1. The summed E-state index contributed by atoms with van der Waals surface area (Å²) in [5.41, 5.74) is 1.30. The van der Waals surface area contributed by atoms with E-state index >= 15 is 0 Å². The number of amides is 1. The highest BCUT2D eigenvalue weighted by Crippen LogP contribution is 2.19. The van der Waals surface area contributed by atoms with Crippen molar-refractivity contribution in [1.29, 1.82) is 0 Å². The Morgan fingerprint density at radius 2 is 2.05 bits per heavy atom. The normalized spacial score (nSPS) is 10.3. The first kappa shape index (κ1) is 13.4. The van der Waals surface area contributed by atoms with Gasteiger partial charge in [0.05, 0.1) is 6.54 Å². The van der Waals surface area contributed by atoms with Crippen molar-refractivity contribution < 1.29 is 13.6 Å². The number of hydrogen-bond acceptors (Lipinski definition) is 5. The topological polar surface area (TPSA) is 80.0 Å². The fraction of sp³-hybridized carbons (Fsp3) is 0.0909. The zero-order chi connectivity index (χ0) is 13.8. The average Bonchev–Trinajstić information content (AvgIpc) is 2.88. The van der Waals surface area contributed by atoms with Gasteiger partial charge in [0.2, 0.25) is 0 Å². The number of carbonyl (C=O) groups excluding carboxylic acids is 1. The van der Waals surface area contributed by atoms with Crippen molar-refractivity contribution in [2.75, 3.05) is 5.43 Å². The molecular formula is C11H10F2N4OS. The van der Waals surface area contributed by atoms with Gasteiger partial charge in [-0.2, -0.15) is 0 Å². The Morgan fingerprint density at radius 3 is 2.58 bits per heavy atom. The van der Waals surface area contributed by atoms with Crippen LogP contribution in [-0.2, 0) is 6.54 Å². The van der Waals surface area contributed by atoms with Gasteiger partial charge in [-0.05, 0) is 12.1 Å². The molecule has 0 atom stereocenters. The Balaban J connectivity index is 2.11. The van der Waals surface area contributed by atoms with Gasteiger partial charge < -0.3 is 10.7 Å². The van der Waals surface area contributed by atoms with Crippen molar-refractivity contribution in [2.45, 2.75) is 6.54 Å². The van der Waals surface area contributed by atoms with Gasteiger partial charge in [-0.25, -0.2) is 13.8 Å². The second-order valence-corrected chi connectivity index (χ2v) is 4.55. The highest BCUT2D eigenvalue weighted by molar-refractivity contribution is 7.09. The van der Waals surface area contributed by atoms with Crippen LogP contribution in [0.4, 0.5) is 14.5 Å². The largest absolute Gasteiger partial charge is 0.346 e. The van der Waals surface area contributed by atoms with Crippen LogP contribution in [0.15, 0.2) is 23.7 Å². The molecule has 0 radical (unpaired) electrons. The van der Waals surface area contributed by atoms with Crippen LogP contribution in [-0.4, -0.2) is 10.9 Å². The number of rotatable bonds is 4. The van der Waals surface area contributed by atoms with Gasteiger partial charge in [0.1, 0.15) is 10.7 Å². The molecule has 8 heteroatoms. The van der Waals surface area contributed by atoms with E-state index in [1.54, 1.807) is 11.6 Å². The number of nitrogens with two attached hydrogens (primary N) is 1.